The largest absolute Gasteiger partial charge is 0.381 e. The summed E-state index contributed by atoms with van der Waals surface area (Å²) in [5.41, 5.74) is 0. The molecule has 0 aromatic carbocycles. The molecule has 0 aromatic heterocycles. The maximum atomic E-state index is 11.4. The van der Waals surface area contributed by atoms with Crippen molar-refractivity contribution in [1.29, 1.82) is 0 Å². The standard InChI is InChI=1S/C9H16ClNO2/c1-11(9(12)2-5-10)8-3-6-13-7-4-8/h8H,2-7H2,1H3. The number of nitrogens with zero attached hydrogens (tertiary/aromatic N) is 1. The van der Waals surface area contributed by atoms with E-state index in [1.54, 1.807) is 0 Å². The fourth-order valence-corrected chi connectivity index (χ4v) is 1.69. The summed E-state index contributed by atoms with van der Waals surface area (Å²) in [5, 5.41) is 0. The molecule has 0 bridgehead atoms. The highest BCUT2D eigenvalue weighted by atomic mass is 35.5. The number of rotatable bonds is 3. The van der Waals surface area contributed by atoms with Crippen molar-refractivity contribution < 1.29 is 9.53 Å². The molecule has 0 N–H and O–H groups in total. The van der Waals surface area contributed by atoms with Gasteiger partial charge in [0.2, 0.25) is 5.91 Å². The number of ether oxygens (including phenoxy) is 1. The molecule has 0 radical (unpaired) electrons. The predicted octanol–water partition coefficient (Wildman–Crippen LogP) is 1.25. The first-order chi connectivity index (χ1) is 6.25. The summed E-state index contributed by atoms with van der Waals surface area (Å²) < 4.78 is 5.23. The Labute approximate surface area is 84.0 Å². The van der Waals surface area contributed by atoms with Gasteiger partial charge in [-0.25, -0.2) is 0 Å². The third kappa shape index (κ3) is 3.16. The van der Waals surface area contributed by atoms with Crippen LogP contribution in [0.25, 0.3) is 0 Å². The molecule has 1 rings (SSSR count). The van der Waals surface area contributed by atoms with Crippen LogP contribution in [0.2, 0.25) is 0 Å². The smallest absolute Gasteiger partial charge is 0.223 e. The molecular formula is C9H16ClNO2. The molecule has 1 heterocycles. The van der Waals surface area contributed by atoms with Crippen molar-refractivity contribution >= 4 is 17.5 Å². The second-order valence-corrected chi connectivity index (χ2v) is 3.67. The van der Waals surface area contributed by atoms with Crippen LogP contribution in [0.4, 0.5) is 0 Å². The van der Waals surface area contributed by atoms with E-state index < -0.39 is 0 Å². The molecule has 1 aliphatic heterocycles. The van der Waals surface area contributed by atoms with Gasteiger partial charge in [-0.3, -0.25) is 4.79 Å². The Bertz CT molecular complexity index is 169. The zero-order valence-corrected chi connectivity index (χ0v) is 8.72. The Hall–Kier alpha value is -0.280. The molecule has 1 amide bonds. The highest BCUT2D eigenvalue weighted by Gasteiger charge is 2.21. The molecule has 0 atom stereocenters. The van der Waals surface area contributed by atoms with E-state index in [0.29, 0.717) is 18.3 Å². The Morgan fingerprint density at radius 3 is 2.69 bits per heavy atom. The molecule has 0 aromatic rings. The predicted molar refractivity (Wildman–Crippen MR) is 51.9 cm³/mol. The minimum atomic E-state index is 0.141. The Morgan fingerprint density at radius 1 is 1.54 bits per heavy atom. The van der Waals surface area contributed by atoms with Crippen LogP contribution < -0.4 is 0 Å². The second kappa shape index (κ2) is 5.45. The number of alkyl halides is 1. The van der Waals surface area contributed by atoms with Crippen LogP contribution in [-0.2, 0) is 9.53 Å². The zero-order chi connectivity index (χ0) is 9.68. The summed E-state index contributed by atoms with van der Waals surface area (Å²) in [7, 11) is 1.85. The highest BCUT2D eigenvalue weighted by Crippen LogP contribution is 2.13. The van der Waals surface area contributed by atoms with E-state index in [-0.39, 0.29) is 5.91 Å². The molecule has 1 aliphatic rings. The summed E-state index contributed by atoms with van der Waals surface area (Å²) in [6.45, 7) is 1.53. The Kier molecular flexibility index (Phi) is 4.53. The topological polar surface area (TPSA) is 29.5 Å². The Morgan fingerprint density at radius 2 is 2.15 bits per heavy atom. The molecule has 1 fully saturated rings. The number of hydrogen-bond acceptors (Lipinski definition) is 2. The quantitative estimate of drug-likeness (QED) is 0.650. The lowest BCUT2D eigenvalue weighted by Crippen LogP contribution is -2.40. The molecule has 1 saturated heterocycles. The lowest BCUT2D eigenvalue weighted by atomic mass is 10.1. The third-order valence-corrected chi connectivity index (χ3v) is 2.63. The van der Waals surface area contributed by atoms with E-state index in [1.165, 1.54) is 0 Å². The monoisotopic (exact) mass is 205 g/mol. The van der Waals surface area contributed by atoms with Crippen molar-refractivity contribution in [2.24, 2.45) is 0 Å². The first-order valence-corrected chi connectivity index (χ1v) is 5.18. The van der Waals surface area contributed by atoms with Gasteiger partial charge in [-0.1, -0.05) is 0 Å². The molecule has 4 heteroatoms. The van der Waals surface area contributed by atoms with Crippen LogP contribution in [0.15, 0.2) is 0 Å². The maximum absolute atomic E-state index is 11.4. The first-order valence-electron chi connectivity index (χ1n) is 4.65. The average molecular weight is 206 g/mol. The van der Waals surface area contributed by atoms with Crippen LogP contribution >= 0.6 is 11.6 Å². The summed E-state index contributed by atoms with van der Waals surface area (Å²) in [6, 6.07) is 0.351. The fourth-order valence-electron chi connectivity index (χ4n) is 1.53. The molecule has 0 spiro atoms. The summed E-state index contributed by atoms with van der Waals surface area (Å²) >= 11 is 5.51. The van der Waals surface area contributed by atoms with Crippen LogP contribution in [0.5, 0.6) is 0 Å². The molecular weight excluding hydrogens is 190 g/mol. The van der Waals surface area contributed by atoms with Crippen molar-refractivity contribution in [3.05, 3.63) is 0 Å². The maximum Gasteiger partial charge on any atom is 0.223 e. The van der Waals surface area contributed by atoms with E-state index in [0.717, 1.165) is 26.1 Å². The molecule has 0 saturated carbocycles. The van der Waals surface area contributed by atoms with E-state index in [2.05, 4.69) is 0 Å². The number of halogens is 1. The van der Waals surface area contributed by atoms with Gasteiger partial charge < -0.3 is 9.64 Å². The Balaban J connectivity index is 2.35. The van der Waals surface area contributed by atoms with E-state index in [9.17, 15) is 4.79 Å². The van der Waals surface area contributed by atoms with Gasteiger partial charge in [-0.05, 0) is 12.8 Å². The fraction of sp³-hybridized carbons (Fsp3) is 0.889. The van der Waals surface area contributed by atoms with Gasteiger partial charge >= 0.3 is 0 Å². The SMILES string of the molecule is CN(C(=O)CCCl)C1CCOCC1. The van der Waals surface area contributed by atoms with Gasteiger partial charge in [0.05, 0.1) is 0 Å². The molecule has 13 heavy (non-hydrogen) atoms. The van der Waals surface area contributed by atoms with Gasteiger partial charge in [0.1, 0.15) is 0 Å². The summed E-state index contributed by atoms with van der Waals surface area (Å²) in [5.74, 6) is 0.550. The third-order valence-electron chi connectivity index (χ3n) is 2.44. The first kappa shape index (κ1) is 10.8. The minimum absolute atomic E-state index is 0.141. The molecule has 76 valence electrons. The lowest BCUT2D eigenvalue weighted by Gasteiger charge is -2.31. The zero-order valence-electron chi connectivity index (χ0n) is 7.96. The van der Waals surface area contributed by atoms with Crippen molar-refractivity contribution in [1.82, 2.24) is 4.90 Å². The molecule has 0 unspecified atom stereocenters. The van der Waals surface area contributed by atoms with E-state index in [1.807, 2.05) is 11.9 Å². The number of hydrogen-bond donors (Lipinski definition) is 0. The van der Waals surface area contributed by atoms with Crippen LogP contribution in [0.1, 0.15) is 19.3 Å². The highest BCUT2D eigenvalue weighted by molar-refractivity contribution is 6.18. The summed E-state index contributed by atoms with van der Waals surface area (Å²) in [6.07, 6.45) is 2.34. The van der Waals surface area contributed by atoms with E-state index in [4.69, 9.17) is 16.3 Å². The van der Waals surface area contributed by atoms with Crippen LogP contribution in [0.3, 0.4) is 0 Å². The number of amides is 1. The number of carbonyl (C=O) groups excluding carboxylic acids is 1. The van der Waals surface area contributed by atoms with Gasteiger partial charge in [0, 0.05) is 38.6 Å². The van der Waals surface area contributed by atoms with Gasteiger partial charge in [0.15, 0.2) is 0 Å². The van der Waals surface area contributed by atoms with Gasteiger partial charge in [-0.2, -0.15) is 0 Å². The van der Waals surface area contributed by atoms with Gasteiger partial charge in [0.25, 0.3) is 0 Å². The van der Waals surface area contributed by atoms with Crippen molar-refractivity contribution in [3.63, 3.8) is 0 Å². The second-order valence-electron chi connectivity index (χ2n) is 3.29. The van der Waals surface area contributed by atoms with Crippen LogP contribution in [-0.4, -0.2) is 43.0 Å². The van der Waals surface area contributed by atoms with Crippen LogP contribution in [0, 0.1) is 0 Å². The summed E-state index contributed by atoms with van der Waals surface area (Å²) in [4.78, 5) is 13.3. The normalized spacial score (nSPS) is 18.6. The minimum Gasteiger partial charge on any atom is -0.381 e. The average Bonchev–Trinajstić information content (AvgIpc) is 2.18. The lowest BCUT2D eigenvalue weighted by molar-refractivity contribution is -0.133. The van der Waals surface area contributed by atoms with Crippen molar-refractivity contribution in [2.45, 2.75) is 25.3 Å². The number of carbonyl (C=O) groups is 1. The van der Waals surface area contributed by atoms with Gasteiger partial charge in [-0.15, -0.1) is 11.6 Å². The molecule has 0 aliphatic carbocycles. The van der Waals surface area contributed by atoms with Crippen molar-refractivity contribution in [2.75, 3.05) is 26.1 Å². The van der Waals surface area contributed by atoms with Crippen molar-refractivity contribution in [3.8, 4) is 0 Å². The van der Waals surface area contributed by atoms with E-state index >= 15 is 0 Å². The molecule has 3 nitrogen and oxygen atoms in total.